The molecule has 38 heavy (non-hydrogen) atoms. The number of hydrogen-bond acceptors (Lipinski definition) is 7. The number of hydrogen-bond donors (Lipinski definition) is 2. The number of fused-ring (bicyclic) bond motifs is 1. The van der Waals surface area contributed by atoms with Gasteiger partial charge in [-0.2, -0.15) is 0 Å². The van der Waals surface area contributed by atoms with Crippen LogP contribution in [0.3, 0.4) is 0 Å². The molecule has 1 aliphatic rings. The van der Waals surface area contributed by atoms with Crippen LogP contribution in [0, 0.1) is 0 Å². The number of carbonyl (C=O) groups is 1. The van der Waals surface area contributed by atoms with Crippen LogP contribution in [-0.4, -0.2) is 53.1 Å². The summed E-state index contributed by atoms with van der Waals surface area (Å²) >= 11 is 0. The molecule has 9 nitrogen and oxygen atoms in total. The maximum atomic E-state index is 12.8. The minimum Gasteiger partial charge on any atom is -0.493 e. The number of ether oxygens (including phenoxy) is 2. The summed E-state index contributed by atoms with van der Waals surface area (Å²) in [6.07, 6.45) is 2.92. The fourth-order valence-electron chi connectivity index (χ4n) is 4.65. The van der Waals surface area contributed by atoms with E-state index in [4.69, 9.17) is 9.47 Å². The van der Waals surface area contributed by atoms with E-state index in [1.54, 1.807) is 20.3 Å². The van der Waals surface area contributed by atoms with Gasteiger partial charge < -0.3 is 20.1 Å². The standard InChI is InChI=1S/C29H32N6O3/c1-37-27-16-21-12-13-34(19-22(21)17-28(27)38-2)14-15-35-20-24(32-33-35)18-30-26-11-7-6-10-25(26)29(36)31-23-8-4-3-5-9-23/h3-11,16-17,20,30H,12-15,18-19H2,1-2H3,(H,31,36). The van der Waals surface area contributed by atoms with Gasteiger partial charge in [0.15, 0.2) is 11.5 Å². The molecule has 0 atom stereocenters. The van der Waals surface area contributed by atoms with Gasteiger partial charge in [-0.1, -0.05) is 35.5 Å². The SMILES string of the molecule is COc1cc2c(cc1OC)CN(CCn1cc(CNc3ccccc3C(=O)Nc3ccccc3)nn1)CC2. The lowest BCUT2D eigenvalue weighted by atomic mass is 9.99. The van der Waals surface area contributed by atoms with Crippen LogP contribution in [0.2, 0.25) is 0 Å². The number of para-hydroxylation sites is 2. The number of anilines is 2. The van der Waals surface area contributed by atoms with Crippen LogP contribution in [0.4, 0.5) is 11.4 Å². The monoisotopic (exact) mass is 512 g/mol. The fourth-order valence-corrected chi connectivity index (χ4v) is 4.65. The molecule has 1 aliphatic heterocycles. The number of amides is 1. The second kappa shape index (κ2) is 11.8. The highest BCUT2D eigenvalue weighted by Gasteiger charge is 2.19. The summed E-state index contributed by atoms with van der Waals surface area (Å²) in [5.41, 5.74) is 5.46. The van der Waals surface area contributed by atoms with Crippen molar-refractivity contribution in [2.75, 3.05) is 37.9 Å². The van der Waals surface area contributed by atoms with Gasteiger partial charge >= 0.3 is 0 Å². The molecule has 0 aliphatic carbocycles. The van der Waals surface area contributed by atoms with Crippen molar-refractivity contribution >= 4 is 17.3 Å². The highest BCUT2D eigenvalue weighted by molar-refractivity contribution is 6.08. The Labute approximate surface area is 222 Å². The zero-order valence-corrected chi connectivity index (χ0v) is 21.7. The molecule has 0 spiro atoms. The maximum Gasteiger partial charge on any atom is 0.257 e. The van der Waals surface area contributed by atoms with E-state index in [1.165, 1.54) is 11.1 Å². The molecule has 5 rings (SSSR count). The Morgan fingerprint density at radius 2 is 1.68 bits per heavy atom. The van der Waals surface area contributed by atoms with Crippen LogP contribution in [0.25, 0.3) is 0 Å². The van der Waals surface area contributed by atoms with Gasteiger partial charge in [0.1, 0.15) is 5.69 Å². The van der Waals surface area contributed by atoms with Gasteiger partial charge in [-0.15, -0.1) is 5.10 Å². The zero-order chi connectivity index (χ0) is 26.3. The van der Waals surface area contributed by atoms with Crippen molar-refractivity contribution in [1.82, 2.24) is 19.9 Å². The average molecular weight is 513 g/mol. The van der Waals surface area contributed by atoms with E-state index in [1.807, 2.05) is 59.4 Å². The maximum absolute atomic E-state index is 12.8. The number of nitrogens with one attached hydrogen (secondary N) is 2. The van der Waals surface area contributed by atoms with E-state index in [0.717, 1.165) is 61.2 Å². The highest BCUT2D eigenvalue weighted by Crippen LogP contribution is 2.33. The van der Waals surface area contributed by atoms with Crippen molar-refractivity contribution in [3.8, 4) is 11.5 Å². The second-order valence-electron chi connectivity index (χ2n) is 9.19. The Morgan fingerprint density at radius 3 is 2.47 bits per heavy atom. The Balaban J connectivity index is 1.15. The van der Waals surface area contributed by atoms with Crippen molar-refractivity contribution in [3.05, 3.63) is 95.3 Å². The number of rotatable bonds is 10. The van der Waals surface area contributed by atoms with Crippen LogP contribution in [-0.2, 0) is 26.1 Å². The summed E-state index contributed by atoms with van der Waals surface area (Å²) in [6, 6.07) is 21.1. The van der Waals surface area contributed by atoms with Crippen molar-refractivity contribution in [1.29, 1.82) is 0 Å². The topological polar surface area (TPSA) is 93.5 Å². The first kappa shape index (κ1) is 25.3. The number of carbonyl (C=O) groups excluding carboxylic acids is 1. The Morgan fingerprint density at radius 1 is 0.947 bits per heavy atom. The molecule has 0 bridgehead atoms. The van der Waals surface area contributed by atoms with E-state index in [0.29, 0.717) is 12.1 Å². The van der Waals surface area contributed by atoms with Gasteiger partial charge in [0, 0.05) is 31.0 Å². The molecule has 9 heteroatoms. The molecule has 0 radical (unpaired) electrons. The van der Waals surface area contributed by atoms with Gasteiger partial charge in [-0.05, 0) is 53.9 Å². The summed E-state index contributed by atoms with van der Waals surface area (Å²) in [5, 5.41) is 14.9. The smallest absolute Gasteiger partial charge is 0.257 e. The van der Waals surface area contributed by atoms with Gasteiger partial charge in [0.2, 0.25) is 0 Å². The minimum absolute atomic E-state index is 0.165. The third-order valence-electron chi connectivity index (χ3n) is 6.69. The molecule has 2 heterocycles. The molecule has 0 fully saturated rings. The number of benzene rings is 3. The number of nitrogens with zero attached hydrogens (tertiary/aromatic N) is 4. The molecule has 0 saturated heterocycles. The highest BCUT2D eigenvalue weighted by atomic mass is 16.5. The predicted octanol–water partition coefficient (Wildman–Crippen LogP) is 4.22. The lowest BCUT2D eigenvalue weighted by molar-refractivity contribution is 0.102. The van der Waals surface area contributed by atoms with Crippen molar-refractivity contribution in [3.63, 3.8) is 0 Å². The normalized spacial score (nSPS) is 13.0. The number of methoxy groups -OCH3 is 2. The van der Waals surface area contributed by atoms with Crippen LogP contribution < -0.4 is 20.1 Å². The van der Waals surface area contributed by atoms with Gasteiger partial charge in [0.25, 0.3) is 5.91 Å². The summed E-state index contributed by atoms with van der Waals surface area (Å²) in [5.74, 6) is 1.38. The molecule has 1 amide bonds. The van der Waals surface area contributed by atoms with E-state index in [2.05, 4.69) is 38.0 Å². The molecule has 4 aromatic rings. The Hall–Kier alpha value is -4.37. The zero-order valence-electron chi connectivity index (χ0n) is 21.7. The largest absolute Gasteiger partial charge is 0.493 e. The van der Waals surface area contributed by atoms with Crippen molar-refractivity contribution in [2.45, 2.75) is 26.1 Å². The average Bonchev–Trinajstić information content (AvgIpc) is 3.42. The lowest BCUT2D eigenvalue weighted by Gasteiger charge is -2.29. The lowest BCUT2D eigenvalue weighted by Crippen LogP contribution is -2.33. The molecule has 0 unspecified atom stereocenters. The van der Waals surface area contributed by atoms with E-state index in [-0.39, 0.29) is 5.91 Å². The first-order valence-electron chi connectivity index (χ1n) is 12.7. The summed E-state index contributed by atoms with van der Waals surface area (Å²) in [6.45, 7) is 3.92. The predicted molar refractivity (Wildman–Crippen MR) is 147 cm³/mol. The van der Waals surface area contributed by atoms with Crippen LogP contribution in [0.15, 0.2) is 72.9 Å². The third kappa shape index (κ3) is 5.95. The van der Waals surface area contributed by atoms with Crippen LogP contribution in [0.5, 0.6) is 11.5 Å². The first-order chi connectivity index (χ1) is 18.6. The van der Waals surface area contributed by atoms with Gasteiger partial charge in [-0.25, -0.2) is 0 Å². The van der Waals surface area contributed by atoms with Gasteiger partial charge in [0.05, 0.1) is 39.1 Å². The van der Waals surface area contributed by atoms with E-state index < -0.39 is 0 Å². The van der Waals surface area contributed by atoms with E-state index in [9.17, 15) is 4.79 Å². The second-order valence-corrected chi connectivity index (χ2v) is 9.19. The minimum atomic E-state index is -0.165. The van der Waals surface area contributed by atoms with Crippen molar-refractivity contribution < 1.29 is 14.3 Å². The molecule has 2 N–H and O–H groups in total. The molecule has 3 aromatic carbocycles. The summed E-state index contributed by atoms with van der Waals surface area (Å²) < 4.78 is 12.8. The van der Waals surface area contributed by atoms with E-state index >= 15 is 0 Å². The first-order valence-corrected chi connectivity index (χ1v) is 12.7. The summed E-state index contributed by atoms with van der Waals surface area (Å²) in [7, 11) is 3.34. The van der Waals surface area contributed by atoms with Crippen molar-refractivity contribution in [2.24, 2.45) is 0 Å². The van der Waals surface area contributed by atoms with Crippen LogP contribution >= 0.6 is 0 Å². The molecule has 1 aromatic heterocycles. The molecule has 0 saturated carbocycles. The molecular formula is C29H32N6O3. The Kier molecular flexibility index (Phi) is 7.84. The number of aromatic nitrogens is 3. The molecular weight excluding hydrogens is 480 g/mol. The van der Waals surface area contributed by atoms with Crippen LogP contribution in [0.1, 0.15) is 27.2 Å². The quantitative estimate of drug-likeness (QED) is 0.329. The van der Waals surface area contributed by atoms with Gasteiger partial charge in [-0.3, -0.25) is 14.4 Å². The Bertz CT molecular complexity index is 1390. The third-order valence-corrected chi connectivity index (χ3v) is 6.69. The molecule has 196 valence electrons. The summed E-state index contributed by atoms with van der Waals surface area (Å²) in [4.78, 5) is 15.2. The fraction of sp³-hybridized carbons (Fsp3) is 0.276.